The maximum absolute atomic E-state index is 12.9. The van der Waals surface area contributed by atoms with Crippen LogP contribution in [0, 0.1) is 17.2 Å². The highest BCUT2D eigenvalue weighted by atomic mass is 19.1. The molecule has 5 nitrogen and oxygen atoms in total. The van der Waals surface area contributed by atoms with Crippen LogP contribution in [0.4, 0.5) is 4.39 Å². The van der Waals surface area contributed by atoms with Gasteiger partial charge in [0, 0.05) is 32.7 Å². The third-order valence-corrected chi connectivity index (χ3v) is 5.59. The van der Waals surface area contributed by atoms with Crippen LogP contribution >= 0.6 is 0 Å². The van der Waals surface area contributed by atoms with Gasteiger partial charge < -0.3 is 19.1 Å². The van der Waals surface area contributed by atoms with E-state index in [1.165, 1.54) is 24.3 Å². The Morgan fingerprint density at radius 1 is 1.28 bits per heavy atom. The SMILES string of the molecule is COC[C@@H]1COCCC12CCN(C(=O)COc1ccc(F)cc1)CC2. The summed E-state index contributed by atoms with van der Waals surface area (Å²) in [5, 5.41) is 0. The molecule has 0 aromatic heterocycles. The molecule has 0 bridgehead atoms. The number of carbonyl (C=O) groups is 1. The van der Waals surface area contributed by atoms with Crippen LogP contribution < -0.4 is 4.74 Å². The molecule has 0 unspecified atom stereocenters. The van der Waals surface area contributed by atoms with Gasteiger partial charge in [-0.05, 0) is 48.9 Å². The number of nitrogens with zero attached hydrogens (tertiary/aromatic N) is 1. The van der Waals surface area contributed by atoms with Crippen LogP contribution in [0.1, 0.15) is 19.3 Å². The lowest BCUT2D eigenvalue weighted by atomic mass is 9.66. The number of benzene rings is 1. The van der Waals surface area contributed by atoms with Crippen LogP contribution in [0.2, 0.25) is 0 Å². The summed E-state index contributed by atoms with van der Waals surface area (Å²) in [5.41, 5.74) is 0.225. The zero-order chi connectivity index (χ0) is 17.7. The van der Waals surface area contributed by atoms with Crippen molar-refractivity contribution in [3.05, 3.63) is 30.1 Å². The standard InChI is InChI=1S/C19H26FNO4/c1-23-12-15-13-24-11-8-19(15)6-9-21(10-7-19)18(22)14-25-17-4-2-16(20)3-5-17/h2-5,15H,6-14H2,1H3/t15-/m1/s1. The molecule has 1 amide bonds. The van der Waals surface area contributed by atoms with E-state index in [1.54, 1.807) is 7.11 Å². The Labute approximate surface area is 148 Å². The number of methoxy groups -OCH3 is 1. The quantitative estimate of drug-likeness (QED) is 0.818. The smallest absolute Gasteiger partial charge is 0.260 e. The maximum atomic E-state index is 12.9. The maximum Gasteiger partial charge on any atom is 0.260 e. The number of hydrogen-bond donors (Lipinski definition) is 0. The predicted molar refractivity (Wildman–Crippen MR) is 90.9 cm³/mol. The molecule has 6 heteroatoms. The van der Waals surface area contributed by atoms with Crippen LogP contribution in [0.5, 0.6) is 5.75 Å². The van der Waals surface area contributed by atoms with Gasteiger partial charge in [0.1, 0.15) is 11.6 Å². The fourth-order valence-corrected chi connectivity index (χ4v) is 3.93. The second-order valence-corrected chi connectivity index (χ2v) is 6.96. The average molecular weight is 351 g/mol. The van der Waals surface area contributed by atoms with Crippen molar-refractivity contribution in [3.8, 4) is 5.75 Å². The molecule has 2 aliphatic rings. The van der Waals surface area contributed by atoms with E-state index in [0.717, 1.165) is 45.6 Å². The highest BCUT2D eigenvalue weighted by Gasteiger charge is 2.44. The van der Waals surface area contributed by atoms with Crippen molar-refractivity contribution < 1.29 is 23.4 Å². The van der Waals surface area contributed by atoms with Crippen LogP contribution in [-0.2, 0) is 14.3 Å². The molecular formula is C19H26FNO4. The molecule has 3 rings (SSSR count). The number of likely N-dealkylation sites (tertiary alicyclic amines) is 1. The summed E-state index contributed by atoms with van der Waals surface area (Å²) in [7, 11) is 1.73. The molecule has 0 saturated carbocycles. The molecule has 0 N–H and O–H groups in total. The zero-order valence-electron chi connectivity index (χ0n) is 14.7. The lowest BCUT2D eigenvalue weighted by Gasteiger charge is -2.48. The summed E-state index contributed by atoms with van der Waals surface area (Å²) in [6, 6.07) is 5.72. The van der Waals surface area contributed by atoms with Gasteiger partial charge in [0.2, 0.25) is 0 Å². The second-order valence-electron chi connectivity index (χ2n) is 6.96. The molecule has 0 radical (unpaired) electrons. The molecule has 1 atom stereocenters. The van der Waals surface area contributed by atoms with E-state index in [0.29, 0.717) is 18.3 Å². The predicted octanol–water partition coefficient (Wildman–Crippen LogP) is 2.50. The van der Waals surface area contributed by atoms with Crippen molar-refractivity contribution in [2.24, 2.45) is 11.3 Å². The molecule has 1 spiro atoms. The van der Waals surface area contributed by atoms with E-state index in [1.807, 2.05) is 4.90 Å². The van der Waals surface area contributed by atoms with Gasteiger partial charge in [-0.25, -0.2) is 4.39 Å². The van der Waals surface area contributed by atoms with E-state index >= 15 is 0 Å². The monoisotopic (exact) mass is 351 g/mol. The Bertz CT molecular complexity index is 567. The van der Waals surface area contributed by atoms with Crippen molar-refractivity contribution in [1.82, 2.24) is 4.90 Å². The second kappa shape index (κ2) is 8.15. The van der Waals surface area contributed by atoms with Gasteiger partial charge in [-0.2, -0.15) is 0 Å². The molecule has 25 heavy (non-hydrogen) atoms. The molecule has 2 fully saturated rings. The summed E-state index contributed by atoms with van der Waals surface area (Å²) in [6.45, 7) is 3.72. The minimum absolute atomic E-state index is 0.0107. The van der Waals surface area contributed by atoms with Crippen molar-refractivity contribution in [2.45, 2.75) is 19.3 Å². The zero-order valence-corrected chi connectivity index (χ0v) is 14.7. The average Bonchev–Trinajstić information content (AvgIpc) is 2.64. The first-order valence-corrected chi connectivity index (χ1v) is 8.86. The first kappa shape index (κ1) is 18.1. The number of halogens is 1. The minimum atomic E-state index is -0.318. The summed E-state index contributed by atoms with van der Waals surface area (Å²) >= 11 is 0. The third kappa shape index (κ3) is 4.30. The van der Waals surface area contributed by atoms with Gasteiger partial charge in [0.05, 0.1) is 13.2 Å². The van der Waals surface area contributed by atoms with E-state index in [4.69, 9.17) is 14.2 Å². The Morgan fingerprint density at radius 3 is 2.68 bits per heavy atom. The topological polar surface area (TPSA) is 48.0 Å². The first-order valence-electron chi connectivity index (χ1n) is 8.86. The van der Waals surface area contributed by atoms with Gasteiger partial charge in [0.25, 0.3) is 5.91 Å². The Hall–Kier alpha value is -1.66. The van der Waals surface area contributed by atoms with Crippen molar-refractivity contribution in [2.75, 3.05) is 46.6 Å². The largest absolute Gasteiger partial charge is 0.484 e. The molecular weight excluding hydrogens is 325 g/mol. The lowest BCUT2D eigenvalue weighted by Crippen LogP contribution is -2.51. The fourth-order valence-electron chi connectivity index (χ4n) is 3.93. The molecule has 1 aromatic carbocycles. The number of carbonyl (C=O) groups excluding carboxylic acids is 1. The molecule has 138 valence electrons. The van der Waals surface area contributed by atoms with Crippen molar-refractivity contribution in [1.29, 1.82) is 0 Å². The van der Waals surface area contributed by atoms with E-state index in [2.05, 4.69) is 0 Å². The molecule has 2 heterocycles. The van der Waals surface area contributed by atoms with E-state index in [-0.39, 0.29) is 23.7 Å². The summed E-state index contributed by atoms with van der Waals surface area (Å²) in [4.78, 5) is 14.3. The van der Waals surface area contributed by atoms with Crippen molar-refractivity contribution in [3.63, 3.8) is 0 Å². The lowest BCUT2D eigenvalue weighted by molar-refractivity contribution is -0.140. The number of rotatable bonds is 5. The third-order valence-electron chi connectivity index (χ3n) is 5.59. The molecule has 0 aliphatic carbocycles. The van der Waals surface area contributed by atoms with Gasteiger partial charge in [0.15, 0.2) is 6.61 Å². The van der Waals surface area contributed by atoms with E-state index < -0.39 is 0 Å². The number of amides is 1. The Morgan fingerprint density at radius 2 is 2.00 bits per heavy atom. The normalized spacial score (nSPS) is 22.8. The highest BCUT2D eigenvalue weighted by molar-refractivity contribution is 5.77. The van der Waals surface area contributed by atoms with E-state index in [9.17, 15) is 9.18 Å². The Kier molecular flexibility index (Phi) is 5.91. The van der Waals surface area contributed by atoms with Crippen LogP contribution in [-0.4, -0.2) is 57.4 Å². The number of ether oxygens (including phenoxy) is 3. The van der Waals surface area contributed by atoms with Gasteiger partial charge >= 0.3 is 0 Å². The number of hydrogen-bond acceptors (Lipinski definition) is 4. The van der Waals surface area contributed by atoms with Crippen LogP contribution in [0.25, 0.3) is 0 Å². The molecule has 2 saturated heterocycles. The highest BCUT2D eigenvalue weighted by Crippen LogP contribution is 2.44. The molecule has 1 aromatic rings. The Balaban J connectivity index is 1.50. The van der Waals surface area contributed by atoms with Crippen LogP contribution in [0.15, 0.2) is 24.3 Å². The summed E-state index contributed by atoms with van der Waals surface area (Å²) < 4.78 is 29.4. The van der Waals surface area contributed by atoms with Crippen molar-refractivity contribution >= 4 is 5.91 Å². The summed E-state index contributed by atoms with van der Waals surface area (Å²) in [5.74, 6) is 0.573. The fraction of sp³-hybridized carbons (Fsp3) is 0.632. The number of piperidine rings is 1. The molecule has 2 aliphatic heterocycles. The van der Waals surface area contributed by atoms with Gasteiger partial charge in [-0.15, -0.1) is 0 Å². The minimum Gasteiger partial charge on any atom is -0.484 e. The van der Waals surface area contributed by atoms with Gasteiger partial charge in [-0.3, -0.25) is 4.79 Å². The first-order chi connectivity index (χ1) is 12.1. The van der Waals surface area contributed by atoms with Gasteiger partial charge in [-0.1, -0.05) is 0 Å². The summed E-state index contributed by atoms with van der Waals surface area (Å²) in [6.07, 6.45) is 2.99. The van der Waals surface area contributed by atoms with Crippen LogP contribution in [0.3, 0.4) is 0 Å².